The summed E-state index contributed by atoms with van der Waals surface area (Å²) in [5.74, 6) is 1.14. The minimum absolute atomic E-state index is 0.382. The zero-order valence-corrected chi connectivity index (χ0v) is 18.0. The lowest BCUT2D eigenvalue weighted by molar-refractivity contribution is 0.211. The normalized spacial score (nSPS) is 14.0. The van der Waals surface area contributed by atoms with E-state index in [1.807, 2.05) is 18.2 Å². The quantitative estimate of drug-likeness (QED) is 0.474. The van der Waals surface area contributed by atoms with Gasteiger partial charge in [-0.2, -0.15) is 0 Å². The summed E-state index contributed by atoms with van der Waals surface area (Å²) in [4.78, 5) is 23.6. The fourth-order valence-corrected chi connectivity index (χ4v) is 4.22. The lowest BCUT2D eigenvalue weighted by Crippen LogP contribution is -2.46. The van der Waals surface area contributed by atoms with Crippen LogP contribution in [0.25, 0.3) is 22.4 Å². The number of nitrogens with zero attached hydrogens (tertiary/aromatic N) is 3. The summed E-state index contributed by atoms with van der Waals surface area (Å²) >= 11 is 6.14. The van der Waals surface area contributed by atoms with Crippen molar-refractivity contribution >= 4 is 40.1 Å². The summed E-state index contributed by atoms with van der Waals surface area (Å²) < 4.78 is 4.94. The van der Waals surface area contributed by atoms with Gasteiger partial charge >= 0.3 is 6.09 Å². The van der Waals surface area contributed by atoms with E-state index < -0.39 is 6.09 Å². The van der Waals surface area contributed by atoms with E-state index in [2.05, 4.69) is 50.1 Å². The van der Waals surface area contributed by atoms with Gasteiger partial charge in [-0.3, -0.25) is 0 Å². The highest BCUT2D eigenvalue weighted by atomic mass is 35.5. The van der Waals surface area contributed by atoms with E-state index in [1.165, 1.54) is 11.4 Å². The fourth-order valence-electron chi connectivity index (χ4n) is 4.03. The summed E-state index contributed by atoms with van der Waals surface area (Å²) in [6, 6.07) is 21.6. The minimum atomic E-state index is -0.840. The lowest BCUT2D eigenvalue weighted by Gasteiger charge is -2.37. The molecule has 4 aromatic rings. The van der Waals surface area contributed by atoms with E-state index in [4.69, 9.17) is 22.1 Å². The molecule has 3 aromatic carbocycles. The van der Waals surface area contributed by atoms with Gasteiger partial charge in [-0.15, -0.1) is 0 Å². The van der Waals surface area contributed by atoms with Crippen LogP contribution in [0.5, 0.6) is 5.75 Å². The molecule has 1 aliphatic heterocycles. The monoisotopic (exact) mass is 447 g/mol. The highest BCUT2D eigenvalue weighted by molar-refractivity contribution is 6.30. The van der Waals surface area contributed by atoms with E-state index in [0.717, 1.165) is 53.6 Å². The lowest BCUT2D eigenvalue weighted by atomic mass is 10.1. The van der Waals surface area contributed by atoms with Gasteiger partial charge in [0.2, 0.25) is 0 Å². The molecule has 1 amide bonds. The van der Waals surface area contributed by atoms with Crippen LogP contribution in [0, 0.1) is 0 Å². The van der Waals surface area contributed by atoms with Crippen molar-refractivity contribution in [2.45, 2.75) is 0 Å². The zero-order valence-electron chi connectivity index (χ0n) is 17.3. The molecular weight excluding hydrogens is 426 g/mol. The van der Waals surface area contributed by atoms with Crippen molar-refractivity contribution < 1.29 is 9.53 Å². The van der Waals surface area contributed by atoms with Crippen LogP contribution in [0.4, 0.5) is 16.2 Å². The molecular formula is C24H22ClN5O2. The molecule has 3 N–H and O–H groups in total. The highest BCUT2D eigenvalue weighted by Gasteiger charge is 2.18. The SMILES string of the molecule is NC(=O)Oc1ccc2nc(-c3ccc(N4CCN(c5cccc(Cl)c5)CC4)cc3)[nH]c2c1. The number of nitrogens with two attached hydrogens (primary N) is 1. The summed E-state index contributed by atoms with van der Waals surface area (Å²) in [6.07, 6.45) is -0.840. The number of nitrogens with one attached hydrogen (secondary N) is 1. The smallest absolute Gasteiger partial charge is 0.409 e. The van der Waals surface area contributed by atoms with Crippen molar-refractivity contribution in [3.05, 3.63) is 71.8 Å². The number of H-pyrrole nitrogens is 1. The number of ether oxygens (including phenoxy) is 1. The number of piperazine rings is 1. The number of benzene rings is 3. The van der Waals surface area contributed by atoms with Crippen LogP contribution >= 0.6 is 11.6 Å². The third-order valence-electron chi connectivity index (χ3n) is 5.63. The Balaban J connectivity index is 1.28. The Labute approximate surface area is 190 Å². The number of anilines is 2. The number of imidazole rings is 1. The first-order valence-electron chi connectivity index (χ1n) is 10.4. The predicted octanol–water partition coefficient (Wildman–Crippen LogP) is 4.67. The number of rotatable bonds is 4. The third-order valence-corrected chi connectivity index (χ3v) is 5.87. The molecule has 2 heterocycles. The first-order chi connectivity index (χ1) is 15.5. The zero-order chi connectivity index (χ0) is 22.1. The summed E-state index contributed by atoms with van der Waals surface area (Å²) in [6.45, 7) is 3.78. The van der Waals surface area contributed by atoms with Crippen molar-refractivity contribution in [3.63, 3.8) is 0 Å². The predicted molar refractivity (Wildman–Crippen MR) is 128 cm³/mol. The topological polar surface area (TPSA) is 87.5 Å². The number of carbonyl (C=O) groups is 1. The number of hydrogen-bond acceptors (Lipinski definition) is 5. The second-order valence-corrected chi connectivity index (χ2v) is 8.12. The number of halogens is 1. The molecule has 32 heavy (non-hydrogen) atoms. The Bertz CT molecular complexity index is 1260. The molecule has 1 aromatic heterocycles. The molecule has 1 saturated heterocycles. The van der Waals surface area contributed by atoms with Gasteiger partial charge in [0.1, 0.15) is 11.6 Å². The molecule has 0 radical (unpaired) electrons. The van der Waals surface area contributed by atoms with Gasteiger partial charge in [-0.25, -0.2) is 9.78 Å². The van der Waals surface area contributed by atoms with E-state index in [9.17, 15) is 4.79 Å². The van der Waals surface area contributed by atoms with Crippen molar-refractivity contribution in [2.24, 2.45) is 5.73 Å². The molecule has 162 valence electrons. The Morgan fingerprint density at radius 2 is 1.66 bits per heavy atom. The molecule has 0 unspecified atom stereocenters. The van der Waals surface area contributed by atoms with Crippen molar-refractivity contribution in [3.8, 4) is 17.1 Å². The van der Waals surface area contributed by atoms with Crippen LogP contribution in [0.2, 0.25) is 5.02 Å². The van der Waals surface area contributed by atoms with E-state index in [-0.39, 0.29) is 0 Å². The van der Waals surface area contributed by atoms with Crippen LogP contribution in [-0.4, -0.2) is 42.2 Å². The number of primary amides is 1. The molecule has 1 aliphatic rings. The minimum Gasteiger partial charge on any atom is -0.410 e. The van der Waals surface area contributed by atoms with Crippen LogP contribution < -0.4 is 20.3 Å². The molecule has 8 heteroatoms. The maximum atomic E-state index is 11.0. The Kier molecular flexibility index (Phi) is 5.33. The number of aromatic nitrogens is 2. The number of fused-ring (bicyclic) bond motifs is 1. The largest absolute Gasteiger partial charge is 0.410 e. The van der Waals surface area contributed by atoms with Crippen molar-refractivity contribution in [1.82, 2.24) is 9.97 Å². The number of carbonyl (C=O) groups excluding carboxylic acids is 1. The van der Waals surface area contributed by atoms with Crippen molar-refractivity contribution in [1.29, 1.82) is 0 Å². The van der Waals surface area contributed by atoms with E-state index >= 15 is 0 Å². The van der Waals surface area contributed by atoms with Gasteiger partial charge in [0.05, 0.1) is 11.0 Å². The average molecular weight is 448 g/mol. The van der Waals surface area contributed by atoms with Gasteiger partial charge in [0.15, 0.2) is 0 Å². The fraction of sp³-hybridized carbons (Fsp3) is 0.167. The van der Waals surface area contributed by atoms with E-state index in [1.54, 1.807) is 18.2 Å². The number of amides is 1. The van der Waals surface area contributed by atoms with Crippen molar-refractivity contribution in [2.75, 3.05) is 36.0 Å². The Hall–Kier alpha value is -3.71. The van der Waals surface area contributed by atoms with Crippen LogP contribution in [0.3, 0.4) is 0 Å². The summed E-state index contributed by atoms with van der Waals surface area (Å²) in [5.41, 5.74) is 9.99. The van der Waals surface area contributed by atoms with Gasteiger partial charge in [0.25, 0.3) is 0 Å². The first-order valence-corrected chi connectivity index (χ1v) is 10.8. The highest BCUT2D eigenvalue weighted by Crippen LogP contribution is 2.27. The molecule has 0 atom stereocenters. The average Bonchev–Trinajstić information content (AvgIpc) is 3.22. The van der Waals surface area contributed by atoms with Gasteiger partial charge in [-0.05, 0) is 54.6 Å². The maximum Gasteiger partial charge on any atom is 0.409 e. The second-order valence-electron chi connectivity index (χ2n) is 7.69. The van der Waals surface area contributed by atoms with Gasteiger partial charge in [0, 0.05) is 54.2 Å². The molecule has 0 saturated carbocycles. The Morgan fingerprint density at radius 3 is 2.34 bits per heavy atom. The molecule has 1 fully saturated rings. The maximum absolute atomic E-state index is 11.0. The molecule has 0 aliphatic carbocycles. The third kappa shape index (κ3) is 4.20. The molecule has 0 bridgehead atoms. The summed E-state index contributed by atoms with van der Waals surface area (Å²) in [5, 5.41) is 0.766. The standard InChI is InChI=1S/C24H22ClN5O2/c25-17-2-1-3-19(14-17)30-12-10-29(11-13-30)18-6-4-16(5-7-18)23-27-21-9-8-20(32-24(26)31)15-22(21)28-23/h1-9,14-15H,10-13H2,(H2,26,31)(H,27,28). The van der Waals surface area contributed by atoms with Crippen LogP contribution in [0.1, 0.15) is 0 Å². The second kappa shape index (κ2) is 8.43. The molecule has 5 rings (SSSR count). The van der Waals surface area contributed by atoms with Gasteiger partial charge in [-0.1, -0.05) is 17.7 Å². The first kappa shape index (κ1) is 20.2. The van der Waals surface area contributed by atoms with Gasteiger partial charge < -0.3 is 25.3 Å². The van der Waals surface area contributed by atoms with Crippen LogP contribution in [0.15, 0.2) is 66.7 Å². The number of hydrogen-bond donors (Lipinski definition) is 2. The molecule has 7 nitrogen and oxygen atoms in total. The van der Waals surface area contributed by atoms with E-state index in [0.29, 0.717) is 5.75 Å². The molecule has 0 spiro atoms. The van der Waals surface area contributed by atoms with Crippen LogP contribution in [-0.2, 0) is 0 Å². The summed E-state index contributed by atoms with van der Waals surface area (Å²) in [7, 11) is 0. The Morgan fingerprint density at radius 1 is 0.938 bits per heavy atom. The number of aromatic amines is 1.